The summed E-state index contributed by atoms with van der Waals surface area (Å²) in [5, 5.41) is 6.06. The molecular weight excluding hydrogens is 430 g/mol. The lowest BCUT2D eigenvalue weighted by molar-refractivity contribution is -0.146. The molecule has 0 saturated heterocycles. The van der Waals surface area contributed by atoms with Crippen LogP contribution in [0.5, 0.6) is 0 Å². The fourth-order valence-corrected chi connectivity index (χ4v) is 3.21. The van der Waals surface area contributed by atoms with E-state index in [0.29, 0.717) is 0 Å². The van der Waals surface area contributed by atoms with Crippen LogP contribution in [0.1, 0.15) is 39.2 Å². The standard InChI is InChI=1S/C23H31N3O7/c1-23(2,3)33-22(30)26-18(12-14-13-24-16-9-7-6-8-15(14)16)20(28)25-17(21(29)32-5)10-11-19(27)31-4/h6-9,13,17-18,24H,10-12H2,1-5H3,(H,25,28)(H,26,30). The van der Waals surface area contributed by atoms with Gasteiger partial charge in [0.25, 0.3) is 0 Å². The summed E-state index contributed by atoms with van der Waals surface area (Å²) in [4.78, 5) is 52.4. The highest BCUT2D eigenvalue weighted by Gasteiger charge is 2.30. The molecule has 2 atom stereocenters. The number of rotatable bonds is 9. The van der Waals surface area contributed by atoms with Crippen molar-refractivity contribution in [1.29, 1.82) is 0 Å². The second-order valence-electron chi connectivity index (χ2n) is 8.46. The maximum atomic E-state index is 13.1. The first kappa shape index (κ1) is 25.7. The van der Waals surface area contributed by atoms with Crippen molar-refractivity contribution in [3.05, 3.63) is 36.0 Å². The molecule has 3 N–H and O–H groups in total. The Morgan fingerprint density at radius 3 is 2.33 bits per heavy atom. The molecule has 0 bridgehead atoms. The van der Waals surface area contributed by atoms with Crippen LogP contribution in [0.2, 0.25) is 0 Å². The number of H-pyrrole nitrogens is 1. The van der Waals surface area contributed by atoms with Crippen molar-refractivity contribution in [1.82, 2.24) is 15.6 Å². The SMILES string of the molecule is COC(=O)CCC(NC(=O)C(Cc1c[nH]c2ccccc12)NC(=O)OC(C)(C)C)C(=O)OC. The second kappa shape index (κ2) is 11.3. The zero-order valence-electron chi connectivity index (χ0n) is 19.5. The highest BCUT2D eigenvalue weighted by Crippen LogP contribution is 2.19. The van der Waals surface area contributed by atoms with Crippen LogP contribution < -0.4 is 10.6 Å². The normalized spacial score (nSPS) is 13.0. The van der Waals surface area contributed by atoms with Gasteiger partial charge in [-0.2, -0.15) is 0 Å². The van der Waals surface area contributed by atoms with E-state index >= 15 is 0 Å². The molecule has 0 fully saturated rings. The van der Waals surface area contributed by atoms with Crippen LogP contribution in [0.3, 0.4) is 0 Å². The summed E-state index contributed by atoms with van der Waals surface area (Å²) in [5.41, 5.74) is 0.918. The number of carbonyl (C=O) groups is 4. The lowest BCUT2D eigenvalue weighted by Gasteiger charge is -2.24. The predicted molar refractivity (Wildman–Crippen MR) is 120 cm³/mol. The molecule has 0 aliphatic carbocycles. The first-order chi connectivity index (χ1) is 15.5. The molecule has 0 aliphatic rings. The van der Waals surface area contributed by atoms with Gasteiger partial charge in [-0.05, 0) is 38.8 Å². The number of alkyl carbamates (subject to hydrolysis) is 1. The van der Waals surface area contributed by atoms with Gasteiger partial charge in [-0.3, -0.25) is 9.59 Å². The van der Waals surface area contributed by atoms with E-state index < -0.39 is 41.6 Å². The van der Waals surface area contributed by atoms with Crippen molar-refractivity contribution >= 4 is 34.8 Å². The number of hydrogen-bond donors (Lipinski definition) is 3. The molecule has 1 heterocycles. The van der Waals surface area contributed by atoms with E-state index in [9.17, 15) is 19.2 Å². The number of fused-ring (bicyclic) bond motifs is 1. The van der Waals surface area contributed by atoms with Gasteiger partial charge in [0.2, 0.25) is 5.91 Å². The summed E-state index contributed by atoms with van der Waals surface area (Å²) < 4.78 is 14.6. The van der Waals surface area contributed by atoms with Crippen LogP contribution in [-0.2, 0) is 35.0 Å². The number of benzene rings is 1. The van der Waals surface area contributed by atoms with Crippen molar-refractivity contribution in [3.8, 4) is 0 Å². The molecule has 2 unspecified atom stereocenters. The van der Waals surface area contributed by atoms with E-state index in [4.69, 9.17) is 9.47 Å². The summed E-state index contributed by atoms with van der Waals surface area (Å²) in [7, 11) is 2.41. The Morgan fingerprint density at radius 2 is 1.70 bits per heavy atom. The van der Waals surface area contributed by atoms with Crippen molar-refractivity contribution in [2.24, 2.45) is 0 Å². The van der Waals surface area contributed by atoms with E-state index in [2.05, 4.69) is 20.4 Å². The quantitative estimate of drug-likeness (QED) is 0.385. The number of para-hydroxylation sites is 1. The van der Waals surface area contributed by atoms with Gasteiger partial charge in [0.05, 0.1) is 14.2 Å². The van der Waals surface area contributed by atoms with E-state index in [1.165, 1.54) is 14.2 Å². The number of methoxy groups -OCH3 is 2. The van der Waals surface area contributed by atoms with E-state index in [1.54, 1.807) is 27.0 Å². The number of amides is 2. The van der Waals surface area contributed by atoms with Gasteiger partial charge in [-0.15, -0.1) is 0 Å². The van der Waals surface area contributed by atoms with Crippen molar-refractivity contribution in [2.45, 2.75) is 57.7 Å². The largest absolute Gasteiger partial charge is 0.469 e. The van der Waals surface area contributed by atoms with Crippen LogP contribution in [0.4, 0.5) is 4.79 Å². The third-order valence-corrected chi connectivity index (χ3v) is 4.77. The Hall–Kier alpha value is -3.56. The van der Waals surface area contributed by atoms with Crippen LogP contribution in [0.15, 0.2) is 30.5 Å². The number of carbonyl (C=O) groups excluding carboxylic acids is 4. The summed E-state index contributed by atoms with van der Waals surface area (Å²) in [6.07, 6.45) is 1.02. The fourth-order valence-electron chi connectivity index (χ4n) is 3.21. The Morgan fingerprint density at radius 1 is 1.00 bits per heavy atom. The van der Waals surface area contributed by atoms with Crippen molar-refractivity contribution in [3.63, 3.8) is 0 Å². The lowest BCUT2D eigenvalue weighted by atomic mass is 10.0. The third kappa shape index (κ3) is 7.81. The first-order valence-corrected chi connectivity index (χ1v) is 10.5. The summed E-state index contributed by atoms with van der Waals surface area (Å²) in [6.45, 7) is 5.13. The van der Waals surface area contributed by atoms with E-state index in [-0.39, 0.29) is 19.3 Å². The van der Waals surface area contributed by atoms with E-state index in [0.717, 1.165) is 16.5 Å². The molecule has 1 aromatic carbocycles. The number of ether oxygens (including phenoxy) is 3. The zero-order chi connectivity index (χ0) is 24.6. The minimum Gasteiger partial charge on any atom is -0.469 e. The summed E-state index contributed by atoms with van der Waals surface area (Å²) >= 11 is 0. The van der Waals surface area contributed by atoms with Crippen LogP contribution >= 0.6 is 0 Å². The molecule has 0 saturated carbocycles. The molecule has 2 amide bonds. The molecule has 0 spiro atoms. The maximum absolute atomic E-state index is 13.1. The highest BCUT2D eigenvalue weighted by molar-refractivity contribution is 5.91. The molecular formula is C23H31N3O7. The molecule has 180 valence electrons. The maximum Gasteiger partial charge on any atom is 0.408 e. The Balaban J connectivity index is 2.24. The Labute approximate surface area is 192 Å². The number of nitrogens with one attached hydrogen (secondary N) is 3. The Kier molecular flexibility index (Phi) is 8.84. The predicted octanol–water partition coefficient (Wildman–Crippen LogP) is 2.21. The third-order valence-electron chi connectivity index (χ3n) is 4.77. The number of aromatic amines is 1. The van der Waals surface area contributed by atoms with Gasteiger partial charge in [-0.1, -0.05) is 18.2 Å². The first-order valence-electron chi connectivity index (χ1n) is 10.5. The van der Waals surface area contributed by atoms with Crippen LogP contribution in [0.25, 0.3) is 10.9 Å². The fraction of sp³-hybridized carbons (Fsp3) is 0.478. The summed E-state index contributed by atoms with van der Waals surface area (Å²) in [5.74, 6) is -1.86. The topological polar surface area (TPSA) is 136 Å². The minimum atomic E-state index is -1.09. The zero-order valence-corrected chi connectivity index (χ0v) is 19.5. The molecule has 33 heavy (non-hydrogen) atoms. The average Bonchev–Trinajstić information content (AvgIpc) is 3.16. The van der Waals surface area contributed by atoms with Crippen molar-refractivity contribution in [2.75, 3.05) is 14.2 Å². The minimum absolute atomic E-state index is 0.0165. The second-order valence-corrected chi connectivity index (χ2v) is 8.46. The number of esters is 2. The van der Waals surface area contributed by atoms with Gasteiger partial charge in [0, 0.05) is 29.9 Å². The smallest absolute Gasteiger partial charge is 0.408 e. The molecule has 10 nitrogen and oxygen atoms in total. The van der Waals surface area contributed by atoms with E-state index in [1.807, 2.05) is 24.3 Å². The van der Waals surface area contributed by atoms with Gasteiger partial charge in [0.1, 0.15) is 17.7 Å². The van der Waals surface area contributed by atoms with Crippen LogP contribution in [-0.4, -0.2) is 60.8 Å². The lowest BCUT2D eigenvalue weighted by Crippen LogP contribution is -2.53. The molecule has 0 aliphatic heterocycles. The number of hydrogen-bond acceptors (Lipinski definition) is 7. The van der Waals surface area contributed by atoms with Gasteiger partial charge < -0.3 is 29.8 Å². The highest BCUT2D eigenvalue weighted by atomic mass is 16.6. The molecule has 2 aromatic rings. The molecule has 2 rings (SSSR count). The Bertz CT molecular complexity index is 993. The average molecular weight is 462 g/mol. The monoisotopic (exact) mass is 461 g/mol. The van der Waals surface area contributed by atoms with Crippen LogP contribution in [0, 0.1) is 0 Å². The van der Waals surface area contributed by atoms with Crippen molar-refractivity contribution < 1.29 is 33.4 Å². The molecule has 10 heteroatoms. The van der Waals surface area contributed by atoms with Gasteiger partial charge in [-0.25, -0.2) is 9.59 Å². The number of aromatic nitrogens is 1. The van der Waals surface area contributed by atoms with Gasteiger partial charge >= 0.3 is 18.0 Å². The van der Waals surface area contributed by atoms with Gasteiger partial charge in [0.15, 0.2) is 0 Å². The molecule has 0 radical (unpaired) electrons. The summed E-state index contributed by atoms with van der Waals surface area (Å²) in [6, 6.07) is 5.41. The molecule has 1 aromatic heterocycles.